The first-order valence-electron chi connectivity index (χ1n) is 6.30. The monoisotopic (exact) mass is 276 g/mol. The Kier molecular flexibility index (Phi) is 3.92. The van der Waals surface area contributed by atoms with E-state index in [4.69, 9.17) is 15.5 Å². The van der Waals surface area contributed by atoms with Crippen LogP contribution in [-0.4, -0.2) is 18.6 Å². The Bertz CT molecular complexity index is 558. The number of hydrogen-bond acceptors (Lipinski definition) is 4. The summed E-state index contributed by atoms with van der Waals surface area (Å²) in [6, 6.07) is 8.00. The fourth-order valence-electron chi connectivity index (χ4n) is 1.79. The highest BCUT2D eigenvalue weighted by Crippen LogP contribution is 2.34. The minimum absolute atomic E-state index is 0.0693. The number of methoxy groups -OCH3 is 1. The van der Waals surface area contributed by atoms with Gasteiger partial charge in [-0.1, -0.05) is 13.8 Å². The average Bonchev–Trinajstić information content (AvgIpc) is 2.82. The summed E-state index contributed by atoms with van der Waals surface area (Å²) in [5.74, 6) is 0.860. The molecule has 0 bridgehead atoms. The number of aromatic nitrogens is 1. The van der Waals surface area contributed by atoms with E-state index in [0.29, 0.717) is 6.54 Å². The molecule has 2 aromatic rings. The van der Waals surface area contributed by atoms with Gasteiger partial charge in [0.25, 0.3) is 0 Å². The quantitative estimate of drug-likeness (QED) is 0.931. The molecule has 4 heteroatoms. The first kappa shape index (κ1) is 14.0. The Balaban J connectivity index is 2.40. The zero-order chi connectivity index (χ0) is 14.0. The standard InChI is InChI=1S/C15H20N2OS/c1-10-13(11-5-7-12(18-4)8-6-11)17-14(19-10)15(2,3)9-16/h5-8H,9,16H2,1-4H3. The predicted molar refractivity (Wildman–Crippen MR) is 80.9 cm³/mol. The van der Waals surface area contributed by atoms with E-state index in [2.05, 4.69) is 20.8 Å². The van der Waals surface area contributed by atoms with Crippen LogP contribution in [0.2, 0.25) is 0 Å². The molecule has 2 N–H and O–H groups in total. The lowest BCUT2D eigenvalue weighted by Crippen LogP contribution is -2.27. The molecule has 0 aliphatic heterocycles. The second-order valence-electron chi connectivity index (χ2n) is 5.24. The lowest BCUT2D eigenvalue weighted by Gasteiger charge is -2.18. The molecule has 2 rings (SSSR count). The van der Waals surface area contributed by atoms with E-state index in [9.17, 15) is 0 Å². The molecule has 0 saturated carbocycles. The van der Waals surface area contributed by atoms with Gasteiger partial charge in [0, 0.05) is 22.4 Å². The lowest BCUT2D eigenvalue weighted by molar-refractivity contribution is 0.415. The van der Waals surface area contributed by atoms with Gasteiger partial charge in [0.05, 0.1) is 12.8 Å². The summed E-state index contributed by atoms with van der Waals surface area (Å²) < 4.78 is 5.18. The van der Waals surface area contributed by atoms with Crippen molar-refractivity contribution in [2.75, 3.05) is 13.7 Å². The molecule has 0 fully saturated rings. The highest BCUT2D eigenvalue weighted by molar-refractivity contribution is 7.12. The zero-order valence-electron chi connectivity index (χ0n) is 11.9. The van der Waals surface area contributed by atoms with Crippen LogP contribution >= 0.6 is 11.3 Å². The molecule has 3 nitrogen and oxygen atoms in total. The summed E-state index contributed by atoms with van der Waals surface area (Å²) in [5, 5.41) is 1.10. The number of hydrogen-bond donors (Lipinski definition) is 1. The molecule has 1 aromatic heterocycles. The van der Waals surface area contributed by atoms with E-state index in [0.717, 1.165) is 22.0 Å². The lowest BCUT2D eigenvalue weighted by atomic mass is 9.95. The van der Waals surface area contributed by atoms with E-state index in [1.165, 1.54) is 4.88 Å². The van der Waals surface area contributed by atoms with Crippen molar-refractivity contribution in [3.05, 3.63) is 34.2 Å². The second-order valence-corrected chi connectivity index (χ2v) is 6.44. The Hall–Kier alpha value is -1.39. The van der Waals surface area contributed by atoms with Gasteiger partial charge in [-0.05, 0) is 31.2 Å². The third-order valence-electron chi connectivity index (χ3n) is 3.25. The molecule has 0 spiro atoms. The van der Waals surface area contributed by atoms with E-state index in [-0.39, 0.29) is 5.41 Å². The number of ether oxygens (including phenoxy) is 1. The number of benzene rings is 1. The van der Waals surface area contributed by atoms with Crippen molar-refractivity contribution >= 4 is 11.3 Å². The van der Waals surface area contributed by atoms with E-state index in [1.54, 1.807) is 18.4 Å². The normalized spacial score (nSPS) is 11.6. The van der Waals surface area contributed by atoms with E-state index < -0.39 is 0 Å². The molecule has 0 saturated heterocycles. The molecule has 102 valence electrons. The molecule has 0 atom stereocenters. The zero-order valence-corrected chi connectivity index (χ0v) is 12.7. The fraction of sp³-hybridized carbons (Fsp3) is 0.400. The first-order valence-corrected chi connectivity index (χ1v) is 7.12. The molecular formula is C15H20N2OS. The van der Waals surface area contributed by atoms with Gasteiger partial charge in [0.15, 0.2) is 0 Å². The van der Waals surface area contributed by atoms with Crippen LogP contribution in [0.1, 0.15) is 23.7 Å². The number of aryl methyl sites for hydroxylation is 1. The summed E-state index contributed by atoms with van der Waals surface area (Å²) in [7, 11) is 1.67. The SMILES string of the molecule is COc1ccc(-c2nc(C(C)(C)CN)sc2C)cc1. The molecule has 1 aromatic carbocycles. The maximum absolute atomic E-state index is 5.82. The van der Waals surface area contributed by atoms with Crippen LogP contribution in [0.5, 0.6) is 5.75 Å². The van der Waals surface area contributed by atoms with Gasteiger partial charge < -0.3 is 10.5 Å². The Morgan fingerprint density at radius 3 is 2.42 bits per heavy atom. The van der Waals surface area contributed by atoms with Crippen molar-refractivity contribution in [3.63, 3.8) is 0 Å². The highest BCUT2D eigenvalue weighted by atomic mass is 32.1. The van der Waals surface area contributed by atoms with Crippen molar-refractivity contribution in [3.8, 4) is 17.0 Å². The molecule has 0 unspecified atom stereocenters. The maximum atomic E-state index is 5.82. The van der Waals surface area contributed by atoms with E-state index in [1.807, 2.05) is 24.3 Å². The summed E-state index contributed by atoms with van der Waals surface area (Å²) in [4.78, 5) is 6.00. The van der Waals surface area contributed by atoms with Crippen molar-refractivity contribution in [1.29, 1.82) is 0 Å². The van der Waals surface area contributed by atoms with E-state index >= 15 is 0 Å². The van der Waals surface area contributed by atoms with Crippen LogP contribution < -0.4 is 10.5 Å². The van der Waals surface area contributed by atoms with Gasteiger partial charge in [-0.2, -0.15) is 0 Å². The molecule has 0 amide bonds. The molecule has 1 heterocycles. The van der Waals surface area contributed by atoms with Gasteiger partial charge in [-0.3, -0.25) is 0 Å². The first-order chi connectivity index (χ1) is 8.97. The van der Waals surface area contributed by atoms with Crippen LogP contribution in [0.4, 0.5) is 0 Å². The Morgan fingerprint density at radius 2 is 1.89 bits per heavy atom. The maximum Gasteiger partial charge on any atom is 0.118 e. The third-order valence-corrected chi connectivity index (χ3v) is 4.59. The predicted octanol–water partition coefficient (Wildman–Crippen LogP) is 3.36. The third kappa shape index (κ3) is 2.80. The molecule has 19 heavy (non-hydrogen) atoms. The van der Waals surface area contributed by atoms with Gasteiger partial charge in [-0.25, -0.2) is 4.98 Å². The number of nitrogens with zero attached hydrogens (tertiary/aromatic N) is 1. The number of thiazole rings is 1. The van der Waals surface area contributed by atoms with Crippen LogP contribution in [-0.2, 0) is 5.41 Å². The molecule has 0 aliphatic carbocycles. The molecule has 0 radical (unpaired) electrons. The van der Waals surface area contributed by atoms with Gasteiger partial charge in [-0.15, -0.1) is 11.3 Å². The van der Waals surface area contributed by atoms with Gasteiger partial charge in [0.1, 0.15) is 10.8 Å². The summed E-state index contributed by atoms with van der Waals surface area (Å²) in [6.07, 6.45) is 0. The Labute approximate surface area is 118 Å². The van der Waals surface area contributed by atoms with Crippen molar-refractivity contribution in [1.82, 2.24) is 4.98 Å². The van der Waals surface area contributed by atoms with Crippen LogP contribution in [0, 0.1) is 6.92 Å². The molecular weight excluding hydrogens is 256 g/mol. The van der Waals surface area contributed by atoms with Crippen LogP contribution in [0.25, 0.3) is 11.3 Å². The largest absolute Gasteiger partial charge is 0.497 e. The summed E-state index contributed by atoms with van der Waals surface area (Å²) >= 11 is 1.73. The minimum Gasteiger partial charge on any atom is -0.497 e. The smallest absolute Gasteiger partial charge is 0.118 e. The van der Waals surface area contributed by atoms with Gasteiger partial charge in [0.2, 0.25) is 0 Å². The van der Waals surface area contributed by atoms with Crippen LogP contribution in [0.15, 0.2) is 24.3 Å². The van der Waals surface area contributed by atoms with Gasteiger partial charge >= 0.3 is 0 Å². The highest BCUT2D eigenvalue weighted by Gasteiger charge is 2.24. The van der Waals surface area contributed by atoms with Crippen LogP contribution in [0.3, 0.4) is 0 Å². The second kappa shape index (κ2) is 5.31. The Morgan fingerprint density at radius 1 is 1.26 bits per heavy atom. The molecule has 0 aliphatic rings. The average molecular weight is 276 g/mol. The summed E-state index contributed by atoms with van der Waals surface area (Å²) in [5.41, 5.74) is 7.92. The number of nitrogens with two attached hydrogens (primary N) is 1. The number of rotatable bonds is 4. The fourth-order valence-corrected chi connectivity index (χ4v) is 2.84. The minimum atomic E-state index is -0.0693. The van der Waals surface area contributed by atoms with Crippen molar-refractivity contribution in [2.45, 2.75) is 26.2 Å². The topological polar surface area (TPSA) is 48.1 Å². The summed E-state index contributed by atoms with van der Waals surface area (Å²) in [6.45, 7) is 6.96. The van der Waals surface area contributed by atoms with Crippen molar-refractivity contribution in [2.24, 2.45) is 5.73 Å². The van der Waals surface area contributed by atoms with Crippen molar-refractivity contribution < 1.29 is 4.74 Å².